The van der Waals surface area contributed by atoms with Gasteiger partial charge in [0.15, 0.2) is 17.3 Å². The van der Waals surface area contributed by atoms with Crippen LogP contribution in [0.15, 0.2) is 66.0 Å². The summed E-state index contributed by atoms with van der Waals surface area (Å²) in [6, 6.07) is 10.6. The van der Waals surface area contributed by atoms with Gasteiger partial charge in [-0.2, -0.15) is 19.0 Å². The molecule has 2 aromatic carbocycles. The van der Waals surface area contributed by atoms with E-state index in [0.29, 0.717) is 15.8 Å². The zero-order valence-electron chi connectivity index (χ0n) is 29.6. The van der Waals surface area contributed by atoms with Crippen LogP contribution in [-0.2, 0) is 19.9 Å². The molecule has 2 aliphatic rings. The fourth-order valence-corrected chi connectivity index (χ4v) is 7.11. The number of amides is 1. The Morgan fingerprint density at radius 1 is 1.02 bits per heavy atom. The third-order valence-electron chi connectivity index (χ3n) is 9.76. The molecule has 0 saturated heterocycles. The van der Waals surface area contributed by atoms with Crippen LogP contribution < -0.4 is 5.73 Å². The molecule has 4 aromatic rings. The van der Waals surface area contributed by atoms with E-state index in [2.05, 4.69) is 15.2 Å². The first-order valence-corrected chi connectivity index (χ1v) is 17.3. The Morgan fingerprint density at radius 2 is 1.70 bits per heavy atom. The summed E-state index contributed by atoms with van der Waals surface area (Å²) in [7, 11) is 0. The van der Waals surface area contributed by atoms with Gasteiger partial charge in [0.05, 0.1) is 28.9 Å². The van der Waals surface area contributed by atoms with E-state index in [0.717, 1.165) is 22.8 Å². The number of halogens is 7. The molecule has 3 heterocycles. The van der Waals surface area contributed by atoms with Crippen LogP contribution in [0, 0.1) is 10.8 Å². The fourth-order valence-electron chi connectivity index (χ4n) is 6.91. The minimum absolute atomic E-state index is 0.00695. The molecule has 288 valence electrons. The Bertz CT molecular complexity index is 2070. The van der Waals surface area contributed by atoms with Gasteiger partial charge in [-0.1, -0.05) is 62.7 Å². The van der Waals surface area contributed by atoms with Gasteiger partial charge in [0, 0.05) is 17.2 Å². The van der Waals surface area contributed by atoms with Crippen LogP contribution in [-0.4, -0.2) is 59.8 Å². The number of aliphatic imine (C=N–C) groups is 1. The maximum atomic E-state index is 15.0. The SMILES string of the molecule is CC(C)(C)C[C@]1(c2ccc(-c3ccnn3C(F)F)cc2)N=C(N)N([C@H](COC(=O)CC2(C(C)(F)F)CC2)c2ccc(Cl)c(-n3ncnc3C(F)F)c2)C1=O. The largest absolute Gasteiger partial charge is 0.463 e. The zero-order chi connectivity index (χ0) is 39.4. The van der Waals surface area contributed by atoms with Gasteiger partial charge in [0.2, 0.25) is 0 Å². The third kappa shape index (κ3) is 7.29. The number of carbonyl (C=O) groups excluding carboxylic acids is 2. The van der Waals surface area contributed by atoms with Gasteiger partial charge in [-0.05, 0) is 60.9 Å². The highest BCUT2D eigenvalue weighted by Crippen LogP contribution is 2.59. The van der Waals surface area contributed by atoms with Crippen molar-refractivity contribution in [2.75, 3.05) is 6.61 Å². The predicted molar refractivity (Wildman–Crippen MR) is 185 cm³/mol. The average Bonchev–Trinajstić information content (AvgIpc) is 3.40. The second-order valence-corrected chi connectivity index (χ2v) is 15.3. The number of carbonyl (C=O) groups is 2. The Kier molecular flexibility index (Phi) is 10.1. The van der Waals surface area contributed by atoms with E-state index < -0.39 is 72.0 Å². The van der Waals surface area contributed by atoms with E-state index in [-0.39, 0.29) is 47.2 Å². The van der Waals surface area contributed by atoms with E-state index in [1.165, 1.54) is 30.5 Å². The van der Waals surface area contributed by atoms with Crippen molar-refractivity contribution in [1.82, 2.24) is 29.4 Å². The lowest BCUT2D eigenvalue weighted by Crippen LogP contribution is -2.47. The summed E-state index contributed by atoms with van der Waals surface area (Å²) in [4.78, 5) is 37.5. The number of nitrogens with zero attached hydrogens (tertiary/aromatic N) is 7. The number of hydrogen-bond donors (Lipinski definition) is 1. The van der Waals surface area contributed by atoms with Crippen molar-refractivity contribution in [1.29, 1.82) is 0 Å². The molecule has 6 rings (SSSR count). The Labute approximate surface area is 311 Å². The molecular weight excluding hydrogens is 742 g/mol. The van der Waals surface area contributed by atoms with Crippen LogP contribution in [0.3, 0.4) is 0 Å². The molecule has 1 fully saturated rings. The van der Waals surface area contributed by atoms with E-state index >= 15 is 0 Å². The highest BCUT2D eigenvalue weighted by atomic mass is 35.5. The van der Waals surface area contributed by atoms with Crippen LogP contribution in [0.1, 0.15) is 89.3 Å². The molecule has 0 bridgehead atoms. The van der Waals surface area contributed by atoms with Crippen molar-refractivity contribution in [3.05, 3.63) is 83.0 Å². The third-order valence-corrected chi connectivity index (χ3v) is 10.1. The molecule has 1 amide bonds. The van der Waals surface area contributed by atoms with Crippen molar-refractivity contribution in [2.45, 2.75) is 83.9 Å². The van der Waals surface area contributed by atoms with Gasteiger partial charge in [-0.15, -0.1) is 0 Å². The number of hydrogen-bond acceptors (Lipinski definition) is 8. The molecule has 2 atom stereocenters. The van der Waals surface area contributed by atoms with Crippen LogP contribution in [0.25, 0.3) is 16.9 Å². The molecule has 0 spiro atoms. The molecule has 2 aromatic heterocycles. The minimum atomic E-state index is -3.14. The number of nitrogens with two attached hydrogens (primary N) is 1. The van der Waals surface area contributed by atoms with Crippen molar-refractivity contribution < 1.29 is 40.7 Å². The summed E-state index contributed by atoms with van der Waals surface area (Å²) < 4.78 is 90.7. The van der Waals surface area contributed by atoms with Gasteiger partial charge in [0.1, 0.15) is 12.9 Å². The zero-order valence-corrected chi connectivity index (χ0v) is 30.4. The lowest BCUT2D eigenvalue weighted by atomic mass is 9.75. The Hall–Kier alpha value is -4.93. The predicted octanol–water partition coefficient (Wildman–Crippen LogP) is 8.02. The summed E-state index contributed by atoms with van der Waals surface area (Å²) >= 11 is 6.44. The van der Waals surface area contributed by atoms with Gasteiger partial charge in [-0.3, -0.25) is 14.5 Å². The van der Waals surface area contributed by atoms with Gasteiger partial charge in [0.25, 0.3) is 18.3 Å². The van der Waals surface area contributed by atoms with Crippen LogP contribution in [0.5, 0.6) is 0 Å². The van der Waals surface area contributed by atoms with Gasteiger partial charge >= 0.3 is 12.5 Å². The molecular formula is C36H37ClF6N8O3. The van der Waals surface area contributed by atoms with Crippen LogP contribution >= 0.6 is 11.6 Å². The topological polar surface area (TPSA) is 134 Å². The van der Waals surface area contributed by atoms with Gasteiger partial charge in [-0.25, -0.2) is 36.9 Å². The summed E-state index contributed by atoms with van der Waals surface area (Å²) in [5.74, 6) is -5.72. The number of guanidine groups is 1. The number of ether oxygens (including phenoxy) is 1. The van der Waals surface area contributed by atoms with Crippen molar-refractivity contribution >= 4 is 29.4 Å². The number of aromatic nitrogens is 5. The Morgan fingerprint density at radius 3 is 2.30 bits per heavy atom. The normalized spacial score (nSPS) is 19.1. The van der Waals surface area contributed by atoms with E-state index in [1.807, 2.05) is 20.8 Å². The summed E-state index contributed by atoms with van der Waals surface area (Å²) in [5, 5.41) is 7.57. The maximum absolute atomic E-state index is 15.0. The maximum Gasteiger partial charge on any atom is 0.333 e. The molecule has 0 radical (unpaired) electrons. The quantitative estimate of drug-likeness (QED) is 0.107. The summed E-state index contributed by atoms with van der Waals surface area (Å²) in [6.07, 6.45) is -1.08. The average molecular weight is 779 g/mol. The molecule has 11 nitrogen and oxygen atoms in total. The van der Waals surface area contributed by atoms with Crippen molar-refractivity contribution in [3.8, 4) is 16.9 Å². The van der Waals surface area contributed by atoms with Gasteiger partial charge < -0.3 is 10.5 Å². The minimum Gasteiger partial charge on any atom is -0.463 e. The lowest BCUT2D eigenvalue weighted by Gasteiger charge is -2.35. The second kappa shape index (κ2) is 14.0. The standard InChI is InChI=1S/C36H37ClF6N8O3/c1-33(2,3)18-36(22-8-5-20(6-9-22)24-11-14-46-51(24)31(40)41)30(53)49(32(44)48-36)26(17-54-27(52)16-35(12-13-35)34(4,42)43)21-7-10-23(37)25(15-21)50-29(28(38)39)45-19-47-50/h5-11,14-15,19,26,28,31H,12-13,16-18H2,1-4H3,(H2,44,48)/t26-,36-/m1/s1. The summed E-state index contributed by atoms with van der Waals surface area (Å²) in [5.41, 5.74) is 3.87. The first-order chi connectivity index (χ1) is 25.3. The van der Waals surface area contributed by atoms with E-state index in [4.69, 9.17) is 27.1 Å². The smallest absolute Gasteiger partial charge is 0.333 e. The van der Waals surface area contributed by atoms with Crippen LogP contribution in [0.2, 0.25) is 5.02 Å². The molecule has 1 saturated carbocycles. The van der Waals surface area contributed by atoms with Crippen molar-refractivity contribution in [3.63, 3.8) is 0 Å². The Balaban J connectivity index is 1.41. The first-order valence-electron chi connectivity index (χ1n) is 16.9. The van der Waals surface area contributed by atoms with Crippen LogP contribution in [0.4, 0.5) is 26.3 Å². The second-order valence-electron chi connectivity index (χ2n) is 14.8. The van der Waals surface area contributed by atoms with E-state index in [1.54, 1.807) is 24.3 Å². The highest BCUT2D eigenvalue weighted by molar-refractivity contribution is 6.32. The summed E-state index contributed by atoms with van der Waals surface area (Å²) in [6.45, 7) is 2.91. The number of esters is 1. The number of benzene rings is 2. The molecule has 54 heavy (non-hydrogen) atoms. The highest BCUT2D eigenvalue weighted by Gasteiger charge is 2.60. The monoisotopic (exact) mass is 778 g/mol. The number of alkyl halides is 6. The molecule has 2 N–H and O–H groups in total. The van der Waals surface area contributed by atoms with E-state index in [9.17, 15) is 35.9 Å². The molecule has 1 aliphatic heterocycles. The number of rotatable bonds is 13. The lowest BCUT2D eigenvalue weighted by molar-refractivity contribution is -0.153. The first kappa shape index (κ1) is 38.8. The molecule has 0 unspecified atom stereocenters. The van der Waals surface area contributed by atoms with Crippen molar-refractivity contribution in [2.24, 2.45) is 21.6 Å². The fraction of sp³-hybridized carbons (Fsp3) is 0.444. The molecule has 1 aliphatic carbocycles. The molecule has 18 heteroatoms.